The molecule has 0 saturated carbocycles. The highest BCUT2D eigenvalue weighted by atomic mass is 16.6. The van der Waals surface area contributed by atoms with E-state index in [0.29, 0.717) is 23.6 Å². The van der Waals surface area contributed by atoms with Crippen molar-refractivity contribution in [3.8, 4) is 17.2 Å². The first-order valence-electron chi connectivity index (χ1n) is 9.62. The van der Waals surface area contributed by atoms with E-state index in [0.717, 1.165) is 5.75 Å². The summed E-state index contributed by atoms with van der Waals surface area (Å²) >= 11 is 0. The van der Waals surface area contributed by atoms with E-state index in [1.54, 1.807) is 42.5 Å². The van der Waals surface area contributed by atoms with Gasteiger partial charge in [0, 0.05) is 25.5 Å². The van der Waals surface area contributed by atoms with Gasteiger partial charge < -0.3 is 19.5 Å². The smallest absolute Gasteiger partial charge is 0.308 e. The molecule has 2 amide bonds. The Kier molecular flexibility index (Phi) is 9.03. The number of hydrogen-bond acceptors (Lipinski definition) is 7. The van der Waals surface area contributed by atoms with Gasteiger partial charge in [0.15, 0.2) is 11.5 Å². The van der Waals surface area contributed by atoms with Crippen LogP contribution in [0, 0.1) is 0 Å². The van der Waals surface area contributed by atoms with Gasteiger partial charge in [-0.1, -0.05) is 0 Å². The third kappa shape index (κ3) is 8.17. The Morgan fingerprint density at radius 2 is 1.71 bits per heavy atom. The van der Waals surface area contributed by atoms with Gasteiger partial charge in [0.05, 0.1) is 19.9 Å². The monoisotopic (exact) mass is 427 g/mol. The summed E-state index contributed by atoms with van der Waals surface area (Å²) in [6.45, 7) is 3.75. The van der Waals surface area contributed by atoms with Crippen molar-refractivity contribution >= 4 is 29.7 Å². The number of benzene rings is 2. The summed E-state index contributed by atoms with van der Waals surface area (Å²) in [4.78, 5) is 35.0. The van der Waals surface area contributed by atoms with E-state index in [9.17, 15) is 14.4 Å². The lowest BCUT2D eigenvalue weighted by atomic mass is 10.2. The van der Waals surface area contributed by atoms with Gasteiger partial charge in [-0.2, -0.15) is 5.10 Å². The van der Waals surface area contributed by atoms with Gasteiger partial charge in [-0.3, -0.25) is 14.4 Å². The lowest BCUT2D eigenvalue weighted by Gasteiger charge is -2.08. The Morgan fingerprint density at radius 3 is 2.35 bits per heavy atom. The minimum atomic E-state index is -0.460. The molecule has 9 nitrogen and oxygen atoms in total. The zero-order valence-electron chi connectivity index (χ0n) is 17.6. The normalized spacial score (nSPS) is 10.4. The maximum Gasteiger partial charge on any atom is 0.308 e. The van der Waals surface area contributed by atoms with Crippen LogP contribution in [0.2, 0.25) is 0 Å². The Hall–Kier alpha value is -3.88. The standard InChI is InChI=1S/C22H25N3O6/c1-4-30-18-8-6-17(7-9-18)24-21(27)11-12-22(28)25-23-14-16-5-10-19(31-15(2)26)20(13-16)29-3/h5-10,13-14H,4,11-12H2,1-3H3,(H,24,27)(H,25,28). The number of hydrazone groups is 1. The summed E-state index contributed by atoms with van der Waals surface area (Å²) in [7, 11) is 1.45. The Bertz CT molecular complexity index is 941. The fourth-order valence-electron chi connectivity index (χ4n) is 2.49. The number of rotatable bonds is 10. The highest BCUT2D eigenvalue weighted by molar-refractivity contribution is 5.93. The molecule has 2 aromatic rings. The molecule has 9 heteroatoms. The average molecular weight is 427 g/mol. The molecule has 0 heterocycles. The average Bonchev–Trinajstić information content (AvgIpc) is 2.74. The molecule has 0 aliphatic heterocycles. The van der Waals surface area contributed by atoms with E-state index in [2.05, 4.69) is 15.8 Å². The van der Waals surface area contributed by atoms with Crippen LogP contribution in [0.25, 0.3) is 0 Å². The molecular formula is C22H25N3O6. The van der Waals surface area contributed by atoms with Crippen LogP contribution in [-0.4, -0.2) is 37.7 Å². The van der Waals surface area contributed by atoms with E-state index < -0.39 is 11.9 Å². The summed E-state index contributed by atoms with van der Waals surface area (Å²) in [5.41, 5.74) is 3.61. The summed E-state index contributed by atoms with van der Waals surface area (Å²) in [6, 6.07) is 11.8. The molecular weight excluding hydrogens is 402 g/mol. The van der Waals surface area contributed by atoms with Crippen molar-refractivity contribution in [2.75, 3.05) is 19.0 Å². The second-order valence-electron chi connectivity index (χ2n) is 6.30. The van der Waals surface area contributed by atoms with Gasteiger partial charge >= 0.3 is 5.97 Å². The van der Waals surface area contributed by atoms with Gasteiger partial charge in [0.25, 0.3) is 0 Å². The Morgan fingerprint density at radius 1 is 1.00 bits per heavy atom. The molecule has 0 spiro atoms. The molecule has 2 rings (SSSR count). The van der Waals surface area contributed by atoms with Crippen molar-refractivity contribution in [3.05, 3.63) is 48.0 Å². The zero-order chi connectivity index (χ0) is 22.6. The van der Waals surface area contributed by atoms with E-state index >= 15 is 0 Å². The molecule has 0 radical (unpaired) electrons. The number of methoxy groups -OCH3 is 1. The Labute approximate surface area is 180 Å². The van der Waals surface area contributed by atoms with Crippen LogP contribution in [-0.2, 0) is 14.4 Å². The number of carbonyl (C=O) groups excluding carboxylic acids is 3. The van der Waals surface area contributed by atoms with Crippen molar-refractivity contribution in [2.24, 2.45) is 5.10 Å². The van der Waals surface area contributed by atoms with Crippen molar-refractivity contribution in [1.82, 2.24) is 5.43 Å². The van der Waals surface area contributed by atoms with Gasteiger partial charge in [-0.05, 0) is 55.0 Å². The second-order valence-corrected chi connectivity index (χ2v) is 6.30. The predicted molar refractivity (Wildman–Crippen MR) is 116 cm³/mol. The largest absolute Gasteiger partial charge is 0.494 e. The molecule has 31 heavy (non-hydrogen) atoms. The SMILES string of the molecule is CCOc1ccc(NC(=O)CCC(=O)NN=Cc2ccc(OC(C)=O)c(OC)c2)cc1. The van der Waals surface area contributed by atoms with Crippen molar-refractivity contribution in [1.29, 1.82) is 0 Å². The van der Waals surface area contributed by atoms with Crippen molar-refractivity contribution in [2.45, 2.75) is 26.7 Å². The zero-order valence-corrected chi connectivity index (χ0v) is 17.6. The summed E-state index contributed by atoms with van der Waals surface area (Å²) < 4.78 is 15.5. The molecule has 2 aromatic carbocycles. The molecule has 0 bridgehead atoms. The van der Waals surface area contributed by atoms with Crippen LogP contribution in [0.5, 0.6) is 17.2 Å². The van der Waals surface area contributed by atoms with Gasteiger partial charge in [-0.25, -0.2) is 5.43 Å². The molecule has 0 atom stereocenters. The van der Waals surface area contributed by atoms with E-state index in [-0.39, 0.29) is 24.5 Å². The first kappa shape index (κ1) is 23.4. The molecule has 2 N–H and O–H groups in total. The molecule has 0 saturated heterocycles. The van der Waals surface area contributed by atoms with Crippen molar-refractivity contribution < 1.29 is 28.6 Å². The lowest BCUT2D eigenvalue weighted by molar-refractivity contribution is -0.132. The molecule has 164 valence electrons. The first-order valence-corrected chi connectivity index (χ1v) is 9.62. The second kappa shape index (κ2) is 12.0. The fourth-order valence-corrected chi connectivity index (χ4v) is 2.49. The van der Waals surface area contributed by atoms with Crippen LogP contribution < -0.4 is 25.0 Å². The van der Waals surface area contributed by atoms with Gasteiger partial charge in [0.1, 0.15) is 5.75 Å². The van der Waals surface area contributed by atoms with E-state index in [1.165, 1.54) is 20.2 Å². The number of esters is 1. The quantitative estimate of drug-likeness (QED) is 0.261. The number of ether oxygens (including phenoxy) is 3. The van der Waals surface area contributed by atoms with Crippen LogP contribution in [0.3, 0.4) is 0 Å². The number of nitrogens with zero attached hydrogens (tertiary/aromatic N) is 1. The summed E-state index contributed by atoms with van der Waals surface area (Å²) in [6.07, 6.45) is 1.41. The van der Waals surface area contributed by atoms with E-state index in [1.807, 2.05) is 6.92 Å². The number of amides is 2. The predicted octanol–water partition coefficient (Wildman–Crippen LogP) is 2.89. The summed E-state index contributed by atoms with van der Waals surface area (Å²) in [5, 5.41) is 6.58. The topological polar surface area (TPSA) is 115 Å². The highest BCUT2D eigenvalue weighted by Gasteiger charge is 2.09. The van der Waals surface area contributed by atoms with Crippen LogP contribution in [0.1, 0.15) is 32.3 Å². The van der Waals surface area contributed by atoms with Gasteiger partial charge in [-0.15, -0.1) is 0 Å². The van der Waals surface area contributed by atoms with Crippen LogP contribution in [0.15, 0.2) is 47.6 Å². The Balaban J connectivity index is 1.78. The summed E-state index contributed by atoms with van der Waals surface area (Å²) in [5.74, 6) is 0.219. The van der Waals surface area contributed by atoms with Gasteiger partial charge in [0.2, 0.25) is 11.8 Å². The third-order valence-electron chi connectivity index (χ3n) is 3.87. The number of carbonyl (C=O) groups is 3. The van der Waals surface area contributed by atoms with Crippen LogP contribution >= 0.6 is 0 Å². The molecule has 0 aliphatic rings. The molecule has 0 unspecified atom stereocenters. The van der Waals surface area contributed by atoms with Crippen LogP contribution in [0.4, 0.5) is 5.69 Å². The molecule has 0 fully saturated rings. The first-order chi connectivity index (χ1) is 14.9. The minimum Gasteiger partial charge on any atom is -0.494 e. The molecule has 0 aliphatic carbocycles. The fraction of sp³-hybridized carbons (Fsp3) is 0.273. The molecule has 0 aromatic heterocycles. The third-order valence-corrected chi connectivity index (χ3v) is 3.87. The number of hydrogen-bond donors (Lipinski definition) is 2. The van der Waals surface area contributed by atoms with Crippen molar-refractivity contribution in [3.63, 3.8) is 0 Å². The number of nitrogens with one attached hydrogen (secondary N) is 2. The van der Waals surface area contributed by atoms with E-state index in [4.69, 9.17) is 14.2 Å². The number of anilines is 1. The minimum absolute atomic E-state index is 0.0134. The highest BCUT2D eigenvalue weighted by Crippen LogP contribution is 2.27. The maximum absolute atomic E-state index is 12.0. The lowest BCUT2D eigenvalue weighted by Crippen LogP contribution is -2.20. The maximum atomic E-state index is 12.0.